The fourth-order valence-electron chi connectivity index (χ4n) is 2.51. The third-order valence-corrected chi connectivity index (χ3v) is 3.80. The summed E-state index contributed by atoms with van der Waals surface area (Å²) >= 11 is 0. The molecule has 0 fully saturated rings. The summed E-state index contributed by atoms with van der Waals surface area (Å²) in [6.45, 7) is 6.30. The molecule has 0 atom stereocenters. The molecule has 1 aromatic carbocycles. The van der Waals surface area contributed by atoms with Gasteiger partial charge in [0.15, 0.2) is 5.75 Å². The van der Waals surface area contributed by atoms with Crippen LogP contribution in [0.3, 0.4) is 0 Å². The van der Waals surface area contributed by atoms with Crippen LogP contribution in [0.25, 0.3) is 0 Å². The number of ether oxygens (including phenoxy) is 1. The lowest BCUT2D eigenvalue weighted by Gasteiger charge is -2.24. The average molecular weight is 276 g/mol. The molecule has 110 valence electrons. The van der Waals surface area contributed by atoms with Gasteiger partial charge >= 0.3 is 0 Å². The van der Waals surface area contributed by atoms with Gasteiger partial charge < -0.3 is 15.4 Å². The summed E-state index contributed by atoms with van der Waals surface area (Å²) in [5.74, 6) is 0.690. The summed E-state index contributed by atoms with van der Waals surface area (Å²) in [5, 5.41) is 0. The quantitative estimate of drug-likeness (QED) is 0.863. The Morgan fingerprint density at radius 2 is 2.10 bits per heavy atom. The van der Waals surface area contributed by atoms with Crippen molar-refractivity contribution in [2.45, 2.75) is 40.0 Å². The van der Waals surface area contributed by atoms with Crippen LogP contribution in [0.1, 0.15) is 39.2 Å². The zero-order valence-electron chi connectivity index (χ0n) is 12.8. The molecule has 0 spiro atoms. The number of anilines is 2. The first-order chi connectivity index (χ1) is 9.36. The highest BCUT2D eigenvalue weighted by Crippen LogP contribution is 2.40. The van der Waals surface area contributed by atoms with E-state index in [2.05, 4.69) is 6.92 Å². The summed E-state index contributed by atoms with van der Waals surface area (Å²) < 4.78 is 5.81. The minimum absolute atomic E-state index is 0.0586. The first-order valence-electron chi connectivity index (χ1n) is 7.20. The second kappa shape index (κ2) is 5.35. The molecule has 20 heavy (non-hydrogen) atoms. The molecule has 0 saturated heterocycles. The van der Waals surface area contributed by atoms with E-state index in [1.54, 1.807) is 11.9 Å². The van der Waals surface area contributed by atoms with Crippen LogP contribution in [0.15, 0.2) is 12.1 Å². The van der Waals surface area contributed by atoms with Crippen molar-refractivity contribution in [2.75, 3.05) is 24.3 Å². The Kier molecular flexibility index (Phi) is 3.93. The predicted molar refractivity (Wildman–Crippen MR) is 82.2 cm³/mol. The van der Waals surface area contributed by atoms with Crippen LogP contribution in [-0.4, -0.2) is 19.6 Å². The Labute approximate surface area is 120 Å². The highest BCUT2D eigenvalue weighted by Gasteiger charge is 2.36. The molecule has 2 N–H and O–H groups in total. The smallest absolute Gasteiger partial charge is 0.235 e. The zero-order chi connectivity index (χ0) is 14.9. The molecule has 1 aromatic rings. The number of hydrogen-bond donors (Lipinski definition) is 1. The van der Waals surface area contributed by atoms with Crippen LogP contribution >= 0.6 is 0 Å². The van der Waals surface area contributed by atoms with Gasteiger partial charge in [-0.05, 0) is 44.4 Å². The topological polar surface area (TPSA) is 55.6 Å². The Bertz CT molecular complexity index is 523. The third kappa shape index (κ3) is 2.60. The fourth-order valence-corrected chi connectivity index (χ4v) is 2.51. The van der Waals surface area contributed by atoms with Crippen LogP contribution in [0.4, 0.5) is 11.4 Å². The molecular formula is C16H24N2O2. The Balaban J connectivity index is 2.44. The van der Waals surface area contributed by atoms with Gasteiger partial charge in [-0.2, -0.15) is 0 Å². The molecule has 0 unspecified atom stereocenters. The number of aryl methyl sites for hydroxylation is 1. The molecule has 1 amide bonds. The number of nitrogens with two attached hydrogens (primary N) is 1. The SMILES string of the molecule is CCCCc1cc(N)c2c(c1)N(C)C(=O)C(C)(C)CO2. The van der Waals surface area contributed by atoms with Crippen LogP contribution in [0.5, 0.6) is 5.75 Å². The second-order valence-electron chi connectivity index (χ2n) is 6.17. The van der Waals surface area contributed by atoms with Crippen molar-refractivity contribution in [3.05, 3.63) is 17.7 Å². The number of fused-ring (bicyclic) bond motifs is 1. The average Bonchev–Trinajstić information content (AvgIpc) is 2.48. The van der Waals surface area contributed by atoms with Gasteiger partial charge in [-0.25, -0.2) is 0 Å². The minimum Gasteiger partial charge on any atom is -0.488 e. The fraction of sp³-hybridized carbons (Fsp3) is 0.562. The van der Waals surface area contributed by atoms with Crippen LogP contribution in [-0.2, 0) is 11.2 Å². The molecule has 1 aliphatic heterocycles. The zero-order valence-corrected chi connectivity index (χ0v) is 12.8. The summed E-state index contributed by atoms with van der Waals surface area (Å²) in [5.41, 5.74) is 8.14. The Morgan fingerprint density at radius 3 is 2.75 bits per heavy atom. The van der Waals surface area contributed by atoms with Gasteiger partial charge in [0.25, 0.3) is 0 Å². The second-order valence-corrected chi connectivity index (χ2v) is 6.17. The minimum atomic E-state index is -0.538. The lowest BCUT2D eigenvalue weighted by molar-refractivity contribution is -0.127. The maximum absolute atomic E-state index is 12.5. The third-order valence-electron chi connectivity index (χ3n) is 3.80. The lowest BCUT2D eigenvalue weighted by Crippen LogP contribution is -2.39. The number of benzene rings is 1. The van der Waals surface area contributed by atoms with E-state index < -0.39 is 5.41 Å². The van der Waals surface area contributed by atoms with E-state index in [9.17, 15) is 4.79 Å². The molecule has 0 aromatic heterocycles. The number of nitrogen functional groups attached to an aromatic ring is 1. The number of carbonyl (C=O) groups excluding carboxylic acids is 1. The highest BCUT2D eigenvalue weighted by atomic mass is 16.5. The molecule has 4 nitrogen and oxygen atoms in total. The van der Waals surface area contributed by atoms with E-state index in [1.807, 2.05) is 26.0 Å². The first-order valence-corrected chi connectivity index (χ1v) is 7.20. The van der Waals surface area contributed by atoms with Gasteiger partial charge in [-0.15, -0.1) is 0 Å². The van der Waals surface area contributed by atoms with Gasteiger partial charge in [-0.3, -0.25) is 4.79 Å². The van der Waals surface area contributed by atoms with Crippen molar-refractivity contribution in [3.8, 4) is 5.75 Å². The van der Waals surface area contributed by atoms with Crippen LogP contribution in [0, 0.1) is 5.41 Å². The van der Waals surface area contributed by atoms with Crippen molar-refractivity contribution in [1.29, 1.82) is 0 Å². The summed E-state index contributed by atoms with van der Waals surface area (Å²) in [4.78, 5) is 14.1. The first kappa shape index (κ1) is 14.7. The molecule has 2 rings (SSSR count). The predicted octanol–water partition coefficient (Wildman–Crippen LogP) is 2.99. The van der Waals surface area contributed by atoms with Crippen molar-refractivity contribution in [3.63, 3.8) is 0 Å². The highest BCUT2D eigenvalue weighted by molar-refractivity contribution is 5.99. The number of rotatable bonds is 3. The van der Waals surface area contributed by atoms with Gasteiger partial charge in [0.1, 0.15) is 6.61 Å². The number of unbranched alkanes of at least 4 members (excludes halogenated alkanes) is 1. The molecular weight excluding hydrogens is 252 g/mol. The lowest BCUT2D eigenvalue weighted by atomic mass is 9.93. The van der Waals surface area contributed by atoms with Crippen LogP contribution < -0.4 is 15.4 Å². The van der Waals surface area contributed by atoms with E-state index >= 15 is 0 Å². The molecule has 0 bridgehead atoms. The number of nitrogens with zero attached hydrogens (tertiary/aromatic N) is 1. The van der Waals surface area contributed by atoms with Gasteiger partial charge in [0.2, 0.25) is 5.91 Å². The summed E-state index contributed by atoms with van der Waals surface area (Å²) in [6.07, 6.45) is 3.22. The molecule has 0 aliphatic carbocycles. The standard InChI is InChI=1S/C16H24N2O2/c1-5-6-7-11-8-12(17)14-13(9-11)18(4)15(19)16(2,3)10-20-14/h8-9H,5-7,10,17H2,1-4H3. The van der Waals surface area contributed by atoms with E-state index in [-0.39, 0.29) is 5.91 Å². The molecule has 0 saturated carbocycles. The normalized spacial score (nSPS) is 17.4. The maximum Gasteiger partial charge on any atom is 0.235 e. The van der Waals surface area contributed by atoms with Crippen molar-refractivity contribution < 1.29 is 9.53 Å². The van der Waals surface area contributed by atoms with Gasteiger partial charge in [0, 0.05) is 7.05 Å². The monoisotopic (exact) mass is 276 g/mol. The number of amides is 1. The largest absolute Gasteiger partial charge is 0.488 e. The van der Waals surface area contributed by atoms with E-state index in [1.165, 1.54) is 0 Å². The summed E-state index contributed by atoms with van der Waals surface area (Å²) in [7, 11) is 1.79. The van der Waals surface area contributed by atoms with Crippen molar-refractivity contribution in [2.24, 2.45) is 5.41 Å². The number of carbonyl (C=O) groups is 1. The summed E-state index contributed by atoms with van der Waals surface area (Å²) in [6, 6.07) is 3.99. The Hall–Kier alpha value is -1.71. The van der Waals surface area contributed by atoms with E-state index in [0.29, 0.717) is 18.0 Å². The van der Waals surface area contributed by atoms with E-state index in [0.717, 1.165) is 30.5 Å². The number of hydrogen-bond acceptors (Lipinski definition) is 3. The van der Waals surface area contributed by atoms with Crippen molar-refractivity contribution >= 4 is 17.3 Å². The van der Waals surface area contributed by atoms with E-state index in [4.69, 9.17) is 10.5 Å². The Morgan fingerprint density at radius 1 is 1.40 bits per heavy atom. The van der Waals surface area contributed by atoms with Gasteiger partial charge in [0.05, 0.1) is 16.8 Å². The molecule has 1 heterocycles. The maximum atomic E-state index is 12.5. The molecule has 0 radical (unpaired) electrons. The molecule has 1 aliphatic rings. The van der Waals surface area contributed by atoms with Crippen molar-refractivity contribution in [1.82, 2.24) is 0 Å². The molecule has 4 heteroatoms. The van der Waals surface area contributed by atoms with Gasteiger partial charge in [-0.1, -0.05) is 13.3 Å². The van der Waals surface area contributed by atoms with Crippen LogP contribution in [0.2, 0.25) is 0 Å².